The van der Waals surface area contributed by atoms with Gasteiger partial charge in [0.1, 0.15) is 5.82 Å². The minimum atomic E-state index is -3.09. The molecule has 0 aliphatic heterocycles. The average Bonchev–Trinajstić information content (AvgIpc) is 2.69. The summed E-state index contributed by atoms with van der Waals surface area (Å²) in [7, 11) is -3.09. The number of aryl methyl sites for hydroxylation is 1. The molecule has 1 heterocycles. The number of aromatic nitrogens is 2. The molecule has 6 heteroatoms. The van der Waals surface area contributed by atoms with Crippen molar-refractivity contribution in [1.82, 2.24) is 14.9 Å². The van der Waals surface area contributed by atoms with Crippen LogP contribution in [0.15, 0.2) is 12.4 Å². The first-order valence-corrected chi connectivity index (χ1v) is 8.24. The molecule has 0 amide bonds. The Morgan fingerprint density at radius 1 is 1.37 bits per heavy atom. The molecule has 0 spiro atoms. The summed E-state index contributed by atoms with van der Waals surface area (Å²) in [6.45, 7) is 10.4. The second-order valence-electron chi connectivity index (χ2n) is 6.00. The third-order valence-corrected chi connectivity index (χ3v) is 5.59. The molecule has 0 atom stereocenters. The minimum Gasteiger partial charge on any atom is -0.333 e. The predicted molar refractivity (Wildman–Crippen MR) is 77.7 cm³/mol. The van der Waals surface area contributed by atoms with Crippen LogP contribution >= 0.6 is 0 Å². The third kappa shape index (κ3) is 4.62. The fourth-order valence-electron chi connectivity index (χ4n) is 1.53. The molecule has 0 radical (unpaired) electrons. The van der Waals surface area contributed by atoms with Crippen LogP contribution in [-0.2, 0) is 22.9 Å². The zero-order valence-electron chi connectivity index (χ0n) is 12.5. The predicted octanol–water partition coefficient (Wildman–Crippen LogP) is 1.59. The molecule has 19 heavy (non-hydrogen) atoms. The summed E-state index contributed by atoms with van der Waals surface area (Å²) in [5.41, 5.74) is 0. The first-order valence-electron chi connectivity index (χ1n) is 6.59. The fraction of sp³-hybridized carbons (Fsp3) is 0.769. The molecule has 0 aliphatic carbocycles. The Morgan fingerprint density at radius 3 is 2.53 bits per heavy atom. The number of nitrogens with zero attached hydrogens (tertiary/aromatic N) is 2. The standard InChI is InChI=1S/C13H25N3O2S/c1-11(2)15-10-12-14-6-7-16(12)8-9-19(17,18)13(3,4)5/h6-7,11,15H,8-10H2,1-5H3. The number of sulfone groups is 1. The summed E-state index contributed by atoms with van der Waals surface area (Å²) < 4.78 is 25.3. The summed E-state index contributed by atoms with van der Waals surface area (Å²) in [6.07, 6.45) is 3.54. The summed E-state index contributed by atoms with van der Waals surface area (Å²) in [5.74, 6) is 1.01. The first-order chi connectivity index (χ1) is 8.63. The van der Waals surface area contributed by atoms with Crippen molar-refractivity contribution in [3.05, 3.63) is 18.2 Å². The zero-order valence-corrected chi connectivity index (χ0v) is 13.3. The first kappa shape index (κ1) is 16.2. The average molecular weight is 287 g/mol. The largest absolute Gasteiger partial charge is 0.333 e. The highest BCUT2D eigenvalue weighted by atomic mass is 32.2. The van der Waals surface area contributed by atoms with E-state index in [1.54, 1.807) is 27.0 Å². The van der Waals surface area contributed by atoms with Crippen LogP contribution in [-0.4, -0.2) is 34.5 Å². The molecular formula is C13H25N3O2S. The van der Waals surface area contributed by atoms with Crippen LogP contribution in [0.2, 0.25) is 0 Å². The molecule has 5 nitrogen and oxygen atoms in total. The molecule has 0 bridgehead atoms. The lowest BCUT2D eigenvalue weighted by molar-refractivity contribution is 0.538. The van der Waals surface area contributed by atoms with Crippen molar-refractivity contribution >= 4 is 9.84 Å². The van der Waals surface area contributed by atoms with Gasteiger partial charge < -0.3 is 9.88 Å². The van der Waals surface area contributed by atoms with Crippen LogP contribution < -0.4 is 5.32 Å². The van der Waals surface area contributed by atoms with Gasteiger partial charge in [-0.15, -0.1) is 0 Å². The molecule has 1 aromatic rings. The Balaban J connectivity index is 2.67. The molecular weight excluding hydrogens is 262 g/mol. The summed E-state index contributed by atoms with van der Waals surface area (Å²) in [6, 6.07) is 0.378. The summed E-state index contributed by atoms with van der Waals surface area (Å²) >= 11 is 0. The maximum Gasteiger partial charge on any atom is 0.156 e. The van der Waals surface area contributed by atoms with Crippen molar-refractivity contribution in [2.45, 2.75) is 58.5 Å². The molecule has 0 fully saturated rings. The van der Waals surface area contributed by atoms with Crippen molar-refractivity contribution in [2.75, 3.05) is 5.75 Å². The molecule has 110 valence electrons. The topological polar surface area (TPSA) is 64.0 Å². The lowest BCUT2D eigenvalue weighted by Crippen LogP contribution is -2.32. The van der Waals surface area contributed by atoms with Gasteiger partial charge >= 0.3 is 0 Å². The third-order valence-electron chi connectivity index (χ3n) is 3.00. The van der Waals surface area contributed by atoms with E-state index in [9.17, 15) is 8.42 Å². The maximum atomic E-state index is 12.1. The van der Waals surface area contributed by atoms with Gasteiger partial charge in [-0.2, -0.15) is 0 Å². The van der Waals surface area contributed by atoms with E-state index < -0.39 is 14.6 Å². The molecule has 1 aromatic heterocycles. The van der Waals surface area contributed by atoms with E-state index in [1.165, 1.54) is 0 Å². The van der Waals surface area contributed by atoms with E-state index in [2.05, 4.69) is 24.1 Å². The number of rotatable bonds is 6. The van der Waals surface area contributed by atoms with Crippen LogP contribution in [0.25, 0.3) is 0 Å². The van der Waals surface area contributed by atoms with Crippen LogP contribution in [0.5, 0.6) is 0 Å². The highest BCUT2D eigenvalue weighted by Crippen LogP contribution is 2.16. The highest BCUT2D eigenvalue weighted by Gasteiger charge is 2.28. The van der Waals surface area contributed by atoms with Crippen LogP contribution in [0.3, 0.4) is 0 Å². The van der Waals surface area contributed by atoms with Crippen LogP contribution in [0, 0.1) is 0 Å². The van der Waals surface area contributed by atoms with Gasteiger partial charge in [0.05, 0.1) is 17.0 Å². The number of nitrogens with one attached hydrogen (secondary N) is 1. The second-order valence-corrected chi connectivity index (χ2v) is 8.87. The Bertz CT molecular complexity index is 498. The van der Waals surface area contributed by atoms with Gasteiger partial charge in [-0.1, -0.05) is 13.8 Å². The van der Waals surface area contributed by atoms with Crippen molar-refractivity contribution in [3.8, 4) is 0 Å². The SMILES string of the molecule is CC(C)NCc1nccn1CCS(=O)(=O)C(C)(C)C. The van der Waals surface area contributed by atoms with Gasteiger partial charge in [0.2, 0.25) is 0 Å². The van der Waals surface area contributed by atoms with E-state index in [-0.39, 0.29) is 5.75 Å². The van der Waals surface area contributed by atoms with Gasteiger partial charge in [0, 0.05) is 25.0 Å². The quantitative estimate of drug-likeness (QED) is 0.863. The lowest BCUT2D eigenvalue weighted by Gasteiger charge is -2.19. The van der Waals surface area contributed by atoms with Gasteiger partial charge in [-0.3, -0.25) is 0 Å². The van der Waals surface area contributed by atoms with E-state index in [4.69, 9.17) is 0 Å². The Labute approximate surface area is 116 Å². The number of hydrogen-bond donors (Lipinski definition) is 1. The van der Waals surface area contributed by atoms with Gasteiger partial charge in [0.25, 0.3) is 0 Å². The van der Waals surface area contributed by atoms with Crippen molar-refractivity contribution in [3.63, 3.8) is 0 Å². The van der Waals surface area contributed by atoms with Gasteiger partial charge in [0.15, 0.2) is 9.84 Å². The molecule has 0 aromatic carbocycles. The van der Waals surface area contributed by atoms with E-state index in [0.717, 1.165) is 5.82 Å². The Morgan fingerprint density at radius 2 is 2.00 bits per heavy atom. The normalized spacial score (nSPS) is 13.2. The molecule has 0 unspecified atom stereocenters. The molecule has 0 saturated heterocycles. The summed E-state index contributed by atoms with van der Waals surface area (Å²) in [5, 5.41) is 3.28. The van der Waals surface area contributed by atoms with E-state index in [0.29, 0.717) is 19.1 Å². The lowest BCUT2D eigenvalue weighted by atomic mass is 10.3. The van der Waals surface area contributed by atoms with E-state index in [1.807, 2.05) is 10.8 Å². The van der Waals surface area contributed by atoms with Gasteiger partial charge in [-0.05, 0) is 20.8 Å². The van der Waals surface area contributed by atoms with Crippen molar-refractivity contribution < 1.29 is 8.42 Å². The Kier molecular flexibility index (Phi) is 5.15. The minimum absolute atomic E-state index is 0.140. The number of hydrogen-bond acceptors (Lipinski definition) is 4. The molecule has 0 saturated carbocycles. The highest BCUT2D eigenvalue weighted by molar-refractivity contribution is 7.92. The fourth-order valence-corrected chi connectivity index (χ4v) is 2.58. The smallest absolute Gasteiger partial charge is 0.156 e. The zero-order chi connectivity index (χ0) is 14.7. The second kappa shape index (κ2) is 6.05. The van der Waals surface area contributed by atoms with Gasteiger partial charge in [-0.25, -0.2) is 13.4 Å². The molecule has 1 rings (SSSR count). The van der Waals surface area contributed by atoms with Crippen molar-refractivity contribution in [1.29, 1.82) is 0 Å². The van der Waals surface area contributed by atoms with E-state index >= 15 is 0 Å². The van der Waals surface area contributed by atoms with Crippen LogP contribution in [0.1, 0.15) is 40.4 Å². The Hall–Kier alpha value is -0.880. The molecule has 1 N–H and O–H groups in total. The van der Waals surface area contributed by atoms with Crippen molar-refractivity contribution in [2.24, 2.45) is 0 Å². The van der Waals surface area contributed by atoms with Crippen LogP contribution in [0.4, 0.5) is 0 Å². The monoisotopic (exact) mass is 287 g/mol. The summed E-state index contributed by atoms with van der Waals surface area (Å²) in [4.78, 5) is 4.26. The maximum absolute atomic E-state index is 12.1. The number of imidazole rings is 1. The molecule has 0 aliphatic rings.